The average molecular weight is 347 g/mol. The fourth-order valence-electron chi connectivity index (χ4n) is 1.91. The van der Waals surface area contributed by atoms with Crippen LogP contribution in [0, 0.1) is 5.82 Å². The second-order valence-electron chi connectivity index (χ2n) is 4.96. The van der Waals surface area contributed by atoms with Crippen LogP contribution < -0.4 is 14.8 Å². The van der Waals surface area contributed by atoms with Crippen LogP contribution in [0.4, 0.5) is 10.1 Å². The van der Waals surface area contributed by atoms with Crippen LogP contribution in [0.1, 0.15) is 6.42 Å². The van der Waals surface area contributed by atoms with Gasteiger partial charge >= 0.3 is 5.97 Å². The maximum atomic E-state index is 12.8. The molecule has 0 radical (unpaired) electrons. The number of nitrogens with one attached hydrogen (secondary N) is 1. The van der Waals surface area contributed by atoms with Crippen molar-refractivity contribution in [3.63, 3.8) is 0 Å². The first-order chi connectivity index (χ1) is 12.1. The smallest absolute Gasteiger partial charge is 0.308 e. The number of methoxy groups -OCH3 is 1. The standard InChI is InChI=1S/C18H18FNO5/c1-23-18(22)10-11-24-16-5-3-2-4-15(16)20-17(21)12-25-14-8-6-13(19)7-9-14/h2-9H,10-12H2,1H3,(H,20,21). The molecule has 0 bridgehead atoms. The topological polar surface area (TPSA) is 73.9 Å². The van der Waals surface area contributed by atoms with Gasteiger partial charge in [-0.1, -0.05) is 12.1 Å². The highest BCUT2D eigenvalue weighted by Crippen LogP contribution is 2.24. The minimum absolute atomic E-state index is 0.104. The van der Waals surface area contributed by atoms with Crippen molar-refractivity contribution in [2.24, 2.45) is 0 Å². The van der Waals surface area contributed by atoms with Crippen molar-refractivity contribution >= 4 is 17.6 Å². The fraction of sp³-hybridized carbons (Fsp3) is 0.222. The number of anilines is 1. The largest absolute Gasteiger partial charge is 0.491 e. The number of esters is 1. The van der Waals surface area contributed by atoms with E-state index in [1.54, 1.807) is 24.3 Å². The number of hydrogen-bond donors (Lipinski definition) is 1. The van der Waals surface area contributed by atoms with Crippen LogP contribution in [-0.4, -0.2) is 32.2 Å². The molecule has 0 aliphatic carbocycles. The lowest BCUT2D eigenvalue weighted by Crippen LogP contribution is -2.20. The van der Waals surface area contributed by atoms with Crippen LogP contribution in [0.15, 0.2) is 48.5 Å². The number of carbonyl (C=O) groups excluding carboxylic acids is 2. The highest BCUT2D eigenvalue weighted by molar-refractivity contribution is 5.93. The summed E-state index contributed by atoms with van der Waals surface area (Å²) in [5.74, 6) is -0.335. The van der Waals surface area contributed by atoms with E-state index in [0.29, 0.717) is 17.2 Å². The fourth-order valence-corrected chi connectivity index (χ4v) is 1.91. The molecule has 2 aromatic rings. The maximum Gasteiger partial charge on any atom is 0.308 e. The van der Waals surface area contributed by atoms with Gasteiger partial charge in [0.1, 0.15) is 17.3 Å². The molecule has 0 fully saturated rings. The van der Waals surface area contributed by atoms with E-state index in [1.807, 2.05) is 0 Å². The van der Waals surface area contributed by atoms with Crippen molar-refractivity contribution < 1.29 is 28.2 Å². The van der Waals surface area contributed by atoms with E-state index >= 15 is 0 Å². The molecule has 1 N–H and O–H groups in total. The van der Waals surface area contributed by atoms with Crippen molar-refractivity contribution in [2.75, 3.05) is 25.6 Å². The van der Waals surface area contributed by atoms with E-state index < -0.39 is 5.91 Å². The number of halogens is 1. The lowest BCUT2D eigenvalue weighted by Gasteiger charge is -2.12. The lowest BCUT2D eigenvalue weighted by molar-refractivity contribution is -0.141. The van der Waals surface area contributed by atoms with Crippen LogP contribution in [0.25, 0.3) is 0 Å². The summed E-state index contributed by atoms with van der Waals surface area (Å²) in [5, 5.41) is 2.67. The Morgan fingerprint density at radius 2 is 1.76 bits per heavy atom. The molecule has 6 nitrogen and oxygen atoms in total. The summed E-state index contributed by atoms with van der Waals surface area (Å²) < 4.78 is 28.1. The molecule has 0 spiro atoms. The molecule has 0 saturated carbocycles. The van der Waals surface area contributed by atoms with Crippen molar-refractivity contribution in [2.45, 2.75) is 6.42 Å². The third-order valence-electron chi connectivity index (χ3n) is 3.14. The van der Waals surface area contributed by atoms with Crippen molar-refractivity contribution in [1.82, 2.24) is 0 Å². The Morgan fingerprint density at radius 1 is 1.04 bits per heavy atom. The predicted octanol–water partition coefficient (Wildman–Crippen LogP) is 2.79. The zero-order chi connectivity index (χ0) is 18.1. The lowest BCUT2D eigenvalue weighted by atomic mass is 10.3. The molecular weight excluding hydrogens is 329 g/mol. The molecular formula is C18H18FNO5. The molecule has 132 valence electrons. The minimum atomic E-state index is -0.395. The first-order valence-corrected chi connectivity index (χ1v) is 7.55. The van der Waals surface area contributed by atoms with Gasteiger partial charge in [0.25, 0.3) is 5.91 Å². The Balaban J connectivity index is 1.87. The number of hydrogen-bond acceptors (Lipinski definition) is 5. The second kappa shape index (κ2) is 9.27. The third kappa shape index (κ3) is 6.14. The van der Waals surface area contributed by atoms with Crippen LogP contribution in [-0.2, 0) is 14.3 Å². The third-order valence-corrected chi connectivity index (χ3v) is 3.14. The average Bonchev–Trinajstić information content (AvgIpc) is 2.62. The molecule has 7 heteroatoms. The van der Waals surface area contributed by atoms with Gasteiger partial charge in [-0.05, 0) is 36.4 Å². The van der Waals surface area contributed by atoms with E-state index in [-0.39, 0.29) is 31.4 Å². The van der Waals surface area contributed by atoms with Crippen LogP contribution >= 0.6 is 0 Å². The molecule has 0 aliphatic rings. The number of benzene rings is 2. The highest BCUT2D eigenvalue weighted by Gasteiger charge is 2.09. The Morgan fingerprint density at radius 3 is 2.48 bits per heavy atom. The first kappa shape index (κ1) is 18.3. The number of amides is 1. The van der Waals surface area contributed by atoms with Gasteiger partial charge in [-0.25, -0.2) is 4.39 Å². The Labute approximate surface area is 144 Å². The molecule has 2 aromatic carbocycles. The van der Waals surface area contributed by atoms with E-state index in [1.165, 1.54) is 31.4 Å². The quantitative estimate of drug-likeness (QED) is 0.743. The van der Waals surface area contributed by atoms with E-state index in [9.17, 15) is 14.0 Å². The van der Waals surface area contributed by atoms with Crippen LogP contribution in [0.5, 0.6) is 11.5 Å². The van der Waals surface area contributed by atoms with Crippen molar-refractivity contribution in [1.29, 1.82) is 0 Å². The molecule has 0 atom stereocenters. The summed E-state index contributed by atoms with van der Waals surface area (Å²) >= 11 is 0. The summed E-state index contributed by atoms with van der Waals surface area (Å²) in [6.07, 6.45) is 0.104. The molecule has 2 rings (SSSR count). The van der Waals surface area contributed by atoms with Gasteiger partial charge in [-0.15, -0.1) is 0 Å². The first-order valence-electron chi connectivity index (χ1n) is 7.55. The second-order valence-corrected chi connectivity index (χ2v) is 4.96. The van der Waals surface area contributed by atoms with Crippen LogP contribution in [0.2, 0.25) is 0 Å². The minimum Gasteiger partial charge on any atom is -0.491 e. The summed E-state index contributed by atoms with van der Waals surface area (Å²) in [5.41, 5.74) is 0.458. The van der Waals surface area contributed by atoms with Gasteiger partial charge in [-0.2, -0.15) is 0 Å². The molecule has 0 heterocycles. The van der Waals surface area contributed by atoms with Gasteiger partial charge < -0.3 is 19.5 Å². The zero-order valence-corrected chi connectivity index (χ0v) is 13.7. The summed E-state index contributed by atoms with van der Waals surface area (Å²) in [6.45, 7) is -0.103. The molecule has 0 aromatic heterocycles. The van der Waals surface area contributed by atoms with Crippen LogP contribution in [0.3, 0.4) is 0 Å². The summed E-state index contributed by atoms with van der Waals surface area (Å²) in [7, 11) is 1.30. The summed E-state index contributed by atoms with van der Waals surface area (Å²) in [6, 6.07) is 12.2. The maximum absolute atomic E-state index is 12.8. The van der Waals surface area contributed by atoms with Crippen molar-refractivity contribution in [3.8, 4) is 11.5 Å². The Bertz CT molecular complexity index is 718. The predicted molar refractivity (Wildman–Crippen MR) is 89.1 cm³/mol. The monoisotopic (exact) mass is 347 g/mol. The summed E-state index contributed by atoms with van der Waals surface area (Å²) in [4.78, 5) is 23.1. The SMILES string of the molecule is COC(=O)CCOc1ccccc1NC(=O)COc1ccc(F)cc1. The van der Waals surface area contributed by atoms with Gasteiger partial charge in [0.2, 0.25) is 0 Å². The molecule has 25 heavy (non-hydrogen) atoms. The Hall–Kier alpha value is -3.09. The normalized spacial score (nSPS) is 10.0. The number of rotatable bonds is 8. The highest BCUT2D eigenvalue weighted by atomic mass is 19.1. The number of carbonyl (C=O) groups is 2. The van der Waals surface area contributed by atoms with E-state index in [4.69, 9.17) is 9.47 Å². The number of para-hydroxylation sites is 2. The number of ether oxygens (including phenoxy) is 3. The van der Waals surface area contributed by atoms with Gasteiger partial charge in [-0.3, -0.25) is 9.59 Å². The molecule has 0 saturated heterocycles. The van der Waals surface area contributed by atoms with Gasteiger partial charge in [0, 0.05) is 0 Å². The molecule has 0 unspecified atom stereocenters. The van der Waals surface area contributed by atoms with E-state index in [0.717, 1.165) is 0 Å². The molecule has 0 aliphatic heterocycles. The van der Waals surface area contributed by atoms with Gasteiger partial charge in [0.15, 0.2) is 6.61 Å². The van der Waals surface area contributed by atoms with Crippen molar-refractivity contribution in [3.05, 3.63) is 54.3 Å². The van der Waals surface area contributed by atoms with E-state index in [2.05, 4.69) is 10.1 Å². The zero-order valence-electron chi connectivity index (χ0n) is 13.7. The molecule has 1 amide bonds. The van der Waals surface area contributed by atoms with Gasteiger partial charge in [0.05, 0.1) is 25.8 Å². The Kier molecular flexibility index (Phi) is 6.76.